The number of alkyl halides is 2. The molecule has 0 bridgehead atoms. The monoisotopic (exact) mass is 237 g/mol. The maximum Gasteiger partial charge on any atom is 0.265 e. The summed E-state index contributed by atoms with van der Waals surface area (Å²) in [6.07, 6.45) is -1.53. The zero-order chi connectivity index (χ0) is 12.4. The second-order valence-electron chi connectivity index (χ2n) is 3.49. The Labute approximate surface area is 95.6 Å². The number of rotatable bonds is 2. The maximum atomic E-state index is 12.5. The van der Waals surface area contributed by atoms with E-state index in [2.05, 4.69) is 0 Å². The van der Waals surface area contributed by atoms with Crippen molar-refractivity contribution in [2.45, 2.75) is 6.43 Å². The third-order valence-electron chi connectivity index (χ3n) is 2.31. The Morgan fingerprint density at radius 1 is 1.06 bits per heavy atom. The molecule has 0 amide bonds. The topological polar surface area (TPSA) is 42.2 Å². The lowest BCUT2D eigenvalue weighted by molar-refractivity contribution is 0.150. The van der Waals surface area contributed by atoms with E-state index in [1.807, 2.05) is 0 Å². The SMILES string of the molecule is O=c1ccc(C(F)F)cn1-c1ccc(O)cc1. The standard InChI is InChI=1S/C12H9F2NO2/c13-12(14)8-1-6-11(17)15(7-8)9-2-4-10(16)5-3-9/h1-7,12,16H. The molecule has 0 aliphatic rings. The van der Waals surface area contributed by atoms with Gasteiger partial charge in [-0.25, -0.2) is 8.78 Å². The molecule has 0 spiro atoms. The third-order valence-corrected chi connectivity index (χ3v) is 2.31. The van der Waals surface area contributed by atoms with Gasteiger partial charge in [-0.1, -0.05) is 0 Å². The molecular weight excluding hydrogens is 228 g/mol. The van der Waals surface area contributed by atoms with Crippen molar-refractivity contribution in [2.24, 2.45) is 0 Å². The fourth-order valence-electron chi connectivity index (χ4n) is 1.45. The summed E-state index contributed by atoms with van der Waals surface area (Å²) < 4.78 is 26.1. The maximum absolute atomic E-state index is 12.5. The first kappa shape index (κ1) is 11.3. The molecule has 0 unspecified atom stereocenters. The Kier molecular flexibility index (Phi) is 2.91. The first-order chi connectivity index (χ1) is 8.08. The van der Waals surface area contributed by atoms with Crippen LogP contribution in [0.1, 0.15) is 12.0 Å². The number of halogens is 2. The second kappa shape index (κ2) is 4.37. The van der Waals surface area contributed by atoms with Crippen LogP contribution in [0.4, 0.5) is 8.78 Å². The number of nitrogens with zero attached hydrogens (tertiary/aromatic N) is 1. The van der Waals surface area contributed by atoms with Gasteiger partial charge in [0, 0.05) is 23.5 Å². The number of hydrogen-bond acceptors (Lipinski definition) is 2. The summed E-state index contributed by atoms with van der Waals surface area (Å²) in [5, 5.41) is 9.11. The van der Waals surface area contributed by atoms with Crippen molar-refractivity contribution in [1.29, 1.82) is 0 Å². The fourth-order valence-corrected chi connectivity index (χ4v) is 1.45. The van der Waals surface area contributed by atoms with Gasteiger partial charge in [-0.3, -0.25) is 9.36 Å². The number of phenolic OH excluding ortho intramolecular Hbond substituents is 1. The van der Waals surface area contributed by atoms with Crippen LogP contribution in [0, 0.1) is 0 Å². The van der Waals surface area contributed by atoms with Gasteiger partial charge in [-0.2, -0.15) is 0 Å². The van der Waals surface area contributed by atoms with E-state index in [0.717, 1.165) is 22.9 Å². The molecule has 0 atom stereocenters. The molecule has 88 valence electrons. The van der Waals surface area contributed by atoms with Gasteiger partial charge in [-0.15, -0.1) is 0 Å². The number of benzene rings is 1. The van der Waals surface area contributed by atoms with E-state index in [1.165, 1.54) is 24.3 Å². The van der Waals surface area contributed by atoms with Crippen molar-refractivity contribution in [3.63, 3.8) is 0 Å². The molecule has 1 N–H and O–H groups in total. The molecule has 0 radical (unpaired) electrons. The molecule has 0 fully saturated rings. The van der Waals surface area contributed by atoms with Crippen LogP contribution in [0.5, 0.6) is 5.75 Å². The van der Waals surface area contributed by atoms with Crippen LogP contribution in [0.25, 0.3) is 5.69 Å². The van der Waals surface area contributed by atoms with Gasteiger partial charge in [0.05, 0.1) is 0 Å². The van der Waals surface area contributed by atoms with Crippen molar-refractivity contribution < 1.29 is 13.9 Å². The Morgan fingerprint density at radius 3 is 2.29 bits per heavy atom. The summed E-state index contributed by atoms with van der Waals surface area (Å²) in [4.78, 5) is 11.5. The molecule has 1 aromatic carbocycles. The molecule has 1 heterocycles. The summed E-state index contributed by atoms with van der Waals surface area (Å²) in [6.45, 7) is 0. The number of pyridine rings is 1. The molecule has 0 saturated heterocycles. The Hall–Kier alpha value is -2.17. The fraction of sp³-hybridized carbons (Fsp3) is 0.0833. The number of aromatic nitrogens is 1. The zero-order valence-corrected chi connectivity index (χ0v) is 8.68. The Morgan fingerprint density at radius 2 is 1.71 bits per heavy atom. The highest BCUT2D eigenvalue weighted by Gasteiger charge is 2.09. The quantitative estimate of drug-likeness (QED) is 0.871. The van der Waals surface area contributed by atoms with Gasteiger partial charge in [0.15, 0.2) is 0 Å². The smallest absolute Gasteiger partial charge is 0.265 e. The third kappa shape index (κ3) is 2.33. The molecule has 0 saturated carbocycles. The summed E-state index contributed by atoms with van der Waals surface area (Å²) in [7, 11) is 0. The van der Waals surface area contributed by atoms with Crippen LogP contribution < -0.4 is 5.56 Å². The predicted molar refractivity (Wildman–Crippen MR) is 58.7 cm³/mol. The molecule has 17 heavy (non-hydrogen) atoms. The minimum atomic E-state index is -2.63. The largest absolute Gasteiger partial charge is 0.508 e. The van der Waals surface area contributed by atoms with Crippen LogP contribution >= 0.6 is 0 Å². The van der Waals surface area contributed by atoms with Crippen molar-refractivity contribution in [3.05, 3.63) is 58.5 Å². The molecule has 1 aromatic heterocycles. The highest BCUT2D eigenvalue weighted by Crippen LogP contribution is 2.18. The number of hydrogen-bond donors (Lipinski definition) is 1. The average molecular weight is 237 g/mol. The lowest BCUT2D eigenvalue weighted by atomic mass is 10.2. The van der Waals surface area contributed by atoms with Crippen LogP contribution in [0.3, 0.4) is 0 Å². The van der Waals surface area contributed by atoms with E-state index in [0.29, 0.717) is 5.69 Å². The molecule has 5 heteroatoms. The van der Waals surface area contributed by atoms with Gasteiger partial charge in [0.25, 0.3) is 12.0 Å². The Balaban J connectivity index is 2.54. The Bertz CT molecular complexity index is 576. The first-order valence-electron chi connectivity index (χ1n) is 4.88. The van der Waals surface area contributed by atoms with Crippen molar-refractivity contribution in [3.8, 4) is 11.4 Å². The summed E-state index contributed by atoms with van der Waals surface area (Å²) >= 11 is 0. The second-order valence-corrected chi connectivity index (χ2v) is 3.49. The highest BCUT2D eigenvalue weighted by molar-refractivity contribution is 5.37. The predicted octanol–water partition coefficient (Wildman–Crippen LogP) is 2.48. The molecule has 0 aliphatic carbocycles. The first-order valence-corrected chi connectivity index (χ1v) is 4.88. The summed E-state index contributed by atoms with van der Waals surface area (Å²) in [5.74, 6) is 0.0480. The van der Waals surface area contributed by atoms with Gasteiger partial charge in [0.2, 0.25) is 0 Å². The van der Waals surface area contributed by atoms with Crippen molar-refractivity contribution in [1.82, 2.24) is 4.57 Å². The van der Waals surface area contributed by atoms with E-state index in [-0.39, 0.29) is 11.3 Å². The van der Waals surface area contributed by atoms with E-state index in [9.17, 15) is 13.6 Å². The zero-order valence-electron chi connectivity index (χ0n) is 8.68. The van der Waals surface area contributed by atoms with Gasteiger partial charge in [0.1, 0.15) is 5.75 Å². The number of aromatic hydroxyl groups is 1. The van der Waals surface area contributed by atoms with Crippen LogP contribution in [0.2, 0.25) is 0 Å². The van der Waals surface area contributed by atoms with Gasteiger partial charge >= 0.3 is 0 Å². The van der Waals surface area contributed by atoms with E-state index < -0.39 is 12.0 Å². The van der Waals surface area contributed by atoms with Crippen molar-refractivity contribution in [2.75, 3.05) is 0 Å². The lowest BCUT2D eigenvalue weighted by Crippen LogP contribution is -2.17. The van der Waals surface area contributed by atoms with Gasteiger partial charge in [-0.05, 0) is 30.3 Å². The molecule has 2 rings (SSSR count). The van der Waals surface area contributed by atoms with Crippen LogP contribution in [-0.2, 0) is 0 Å². The van der Waals surface area contributed by atoms with Crippen molar-refractivity contribution >= 4 is 0 Å². The summed E-state index contributed by atoms with van der Waals surface area (Å²) in [6, 6.07) is 7.92. The minimum absolute atomic E-state index is 0.0480. The molecule has 3 nitrogen and oxygen atoms in total. The van der Waals surface area contributed by atoms with Gasteiger partial charge < -0.3 is 5.11 Å². The average Bonchev–Trinajstić information content (AvgIpc) is 2.31. The van der Waals surface area contributed by atoms with Crippen LogP contribution in [-0.4, -0.2) is 9.67 Å². The molecular formula is C12H9F2NO2. The lowest BCUT2D eigenvalue weighted by Gasteiger charge is -2.07. The minimum Gasteiger partial charge on any atom is -0.508 e. The summed E-state index contributed by atoms with van der Waals surface area (Å²) in [5.41, 5.74) is -0.201. The van der Waals surface area contributed by atoms with E-state index in [1.54, 1.807) is 0 Å². The van der Waals surface area contributed by atoms with E-state index in [4.69, 9.17) is 5.11 Å². The van der Waals surface area contributed by atoms with Crippen LogP contribution in [0.15, 0.2) is 47.4 Å². The number of phenols is 1. The normalized spacial score (nSPS) is 10.8. The molecule has 2 aromatic rings. The van der Waals surface area contributed by atoms with E-state index >= 15 is 0 Å². The molecule has 0 aliphatic heterocycles. The highest BCUT2D eigenvalue weighted by atomic mass is 19.3.